The van der Waals surface area contributed by atoms with Gasteiger partial charge in [0.1, 0.15) is 0 Å². The van der Waals surface area contributed by atoms with E-state index >= 15 is 0 Å². The summed E-state index contributed by atoms with van der Waals surface area (Å²) in [5.41, 5.74) is 1.84. The number of rotatable bonds is 6. The summed E-state index contributed by atoms with van der Waals surface area (Å²) in [4.78, 5) is 1.55. The first-order chi connectivity index (χ1) is 11.7. The van der Waals surface area contributed by atoms with Gasteiger partial charge in [-0.1, -0.05) is 30.3 Å². The number of aromatic nitrogens is 4. The molecule has 0 saturated carbocycles. The van der Waals surface area contributed by atoms with E-state index in [2.05, 4.69) is 15.4 Å². The minimum absolute atomic E-state index is 0.491. The molecule has 0 aliphatic rings. The van der Waals surface area contributed by atoms with Crippen molar-refractivity contribution < 1.29 is 14.2 Å². The molecule has 0 bridgehead atoms. The van der Waals surface area contributed by atoms with Crippen LogP contribution in [0.5, 0.6) is 17.2 Å². The number of ether oxygens (including phenoxy) is 3. The fourth-order valence-corrected chi connectivity index (χ4v) is 2.38. The first-order valence-electron chi connectivity index (χ1n) is 7.37. The Labute approximate surface area is 139 Å². The molecule has 0 aliphatic heterocycles. The molecule has 0 N–H and O–H groups in total. The predicted octanol–water partition coefficient (Wildman–Crippen LogP) is 2.41. The lowest BCUT2D eigenvalue weighted by molar-refractivity contribution is 0.324. The fraction of sp³-hybridized carbons (Fsp3) is 0.235. The van der Waals surface area contributed by atoms with Gasteiger partial charge in [-0.3, -0.25) is 0 Å². The molecule has 0 radical (unpaired) electrons. The lowest BCUT2D eigenvalue weighted by atomic mass is 10.1. The Kier molecular flexibility index (Phi) is 4.60. The zero-order valence-corrected chi connectivity index (χ0v) is 13.8. The van der Waals surface area contributed by atoms with Crippen molar-refractivity contribution in [3.8, 4) is 28.6 Å². The normalized spacial score (nSPS) is 10.5. The maximum Gasteiger partial charge on any atom is 0.205 e. The Morgan fingerprint density at radius 2 is 1.58 bits per heavy atom. The van der Waals surface area contributed by atoms with E-state index in [4.69, 9.17) is 14.2 Å². The van der Waals surface area contributed by atoms with Gasteiger partial charge in [0.25, 0.3) is 0 Å². The van der Waals surface area contributed by atoms with Crippen molar-refractivity contribution >= 4 is 0 Å². The van der Waals surface area contributed by atoms with E-state index in [1.807, 2.05) is 30.3 Å². The Bertz CT molecular complexity index is 793. The van der Waals surface area contributed by atoms with Crippen molar-refractivity contribution in [3.05, 3.63) is 48.0 Å². The number of methoxy groups -OCH3 is 3. The van der Waals surface area contributed by atoms with Crippen LogP contribution in [0.1, 0.15) is 5.56 Å². The highest BCUT2D eigenvalue weighted by molar-refractivity contribution is 5.66. The van der Waals surface area contributed by atoms with Crippen molar-refractivity contribution in [1.29, 1.82) is 0 Å². The number of benzene rings is 2. The summed E-state index contributed by atoms with van der Waals surface area (Å²) in [6, 6.07) is 13.6. The van der Waals surface area contributed by atoms with E-state index < -0.39 is 0 Å². The van der Waals surface area contributed by atoms with Crippen LogP contribution in [0.15, 0.2) is 42.5 Å². The topological polar surface area (TPSA) is 71.3 Å². The molecule has 124 valence electrons. The van der Waals surface area contributed by atoms with E-state index in [9.17, 15) is 0 Å². The molecule has 7 nitrogen and oxygen atoms in total. The number of nitrogens with zero attached hydrogens (tertiary/aromatic N) is 4. The Hall–Kier alpha value is -3.09. The largest absolute Gasteiger partial charge is 0.493 e. The van der Waals surface area contributed by atoms with Crippen LogP contribution in [0.2, 0.25) is 0 Å². The second-order valence-electron chi connectivity index (χ2n) is 5.04. The molecule has 1 heterocycles. The Balaban J connectivity index is 1.92. The van der Waals surface area contributed by atoms with E-state index in [1.54, 1.807) is 38.3 Å². The smallest absolute Gasteiger partial charge is 0.205 e. The van der Waals surface area contributed by atoms with E-state index in [1.165, 1.54) is 0 Å². The molecule has 0 unspecified atom stereocenters. The van der Waals surface area contributed by atoms with E-state index in [0.717, 1.165) is 11.1 Å². The third-order valence-electron chi connectivity index (χ3n) is 3.54. The SMILES string of the molecule is COc1cc(-c2nnn(Cc3ccccc3)n2)cc(OC)c1OC. The van der Waals surface area contributed by atoms with Gasteiger partial charge in [-0.05, 0) is 22.9 Å². The van der Waals surface area contributed by atoms with Crippen molar-refractivity contribution in [3.63, 3.8) is 0 Å². The third-order valence-corrected chi connectivity index (χ3v) is 3.54. The summed E-state index contributed by atoms with van der Waals surface area (Å²) < 4.78 is 16.0. The molecule has 0 spiro atoms. The van der Waals surface area contributed by atoms with Gasteiger partial charge in [0.05, 0.1) is 27.9 Å². The van der Waals surface area contributed by atoms with Gasteiger partial charge in [-0.25, -0.2) is 0 Å². The monoisotopic (exact) mass is 326 g/mol. The molecule has 3 aromatic rings. The van der Waals surface area contributed by atoms with Crippen LogP contribution in [-0.2, 0) is 6.54 Å². The lowest BCUT2D eigenvalue weighted by Crippen LogP contribution is -2.03. The van der Waals surface area contributed by atoms with Crippen LogP contribution in [0.3, 0.4) is 0 Å². The molecule has 7 heteroatoms. The van der Waals surface area contributed by atoms with Gasteiger partial charge in [-0.15, -0.1) is 10.2 Å². The Morgan fingerprint density at radius 3 is 2.17 bits per heavy atom. The molecule has 0 amide bonds. The van der Waals surface area contributed by atoms with Crippen LogP contribution in [0.25, 0.3) is 11.4 Å². The van der Waals surface area contributed by atoms with Crippen LogP contribution in [-0.4, -0.2) is 41.5 Å². The fourth-order valence-electron chi connectivity index (χ4n) is 2.38. The summed E-state index contributed by atoms with van der Waals surface area (Å²) in [6.45, 7) is 0.554. The zero-order valence-electron chi connectivity index (χ0n) is 13.8. The summed E-state index contributed by atoms with van der Waals surface area (Å²) in [5.74, 6) is 2.11. The highest BCUT2D eigenvalue weighted by Gasteiger charge is 2.16. The van der Waals surface area contributed by atoms with Crippen LogP contribution >= 0.6 is 0 Å². The van der Waals surface area contributed by atoms with Gasteiger partial charge in [-0.2, -0.15) is 4.80 Å². The second-order valence-corrected chi connectivity index (χ2v) is 5.04. The molecule has 24 heavy (non-hydrogen) atoms. The minimum atomic E-state index is 0.491. The lowest BCUT2D eigenvalue weighted by Gasteiger charge is -2.12. The molecular weight excluding hydrogens is 308 g/mol. The van der Waals surface area contributed by atoms with Crippen LogP contribution in [0.4, 0.5) is 0 Å². The number of tetrazole rings is 1. The number of hydrogen-bond donors (Lipinski definition) is 0. The maximum absolute atomic E-state index is 5.36. The standard InChI is InChI=1S/C17H18N4O3/c1-22-14-9-13(10-15(23-2)16(14)24-3)17-18-20-21(19-17)11-12-7-5-4-6-8-12/h4-10H,11H2,1-3H3. The van der Waals surface area contributed by atoms with Gasteiger partial charge >= 0.3 is 0 Å². The summed E-state index contributed by atoms with van der Waals surface area (Å²) in [6.07, 6.45) is 0. The molecule has 1 aromatic heterocycles. The molecule has 0 aliphatic carbocycles. The summed E-state index contributed by atoms with van der Waals surface area (Å²) in [5, 5.41) is 12.6. The van der Waals surface area contributed by atoms with Gasteiger partial charge in [0.15, 0.2) is 11.5 Å². The van der Waals surface area contributed by atoms with E-state index in [-0.39, 0.29) is 0 Å². The van der Waals surface area contributed by atoms with Crippen molar-refractivity contribution in [2.75, 3.05) is 21.3 Å². The maximum atomic E-state index is 5.36. The van der Waals surface area contributed by atoms with Crippen molar-refractivity contribution in [2.24, 2.45) is 0 Å². The van der Waals surface area contributed by atoms with Crippen LogP contribution in [0, 0.1) is 0 Å². The van der Waals surface area contributed by atoms with Crippen molar-refractivity contribution in [1.82, 2.24) is 20.2 Å². The molecule has 3 rings (SSSR count). The second kappa shape index (κ2) is 6.99. The quantitative estimate of drug-likeness (QED) is 0.693. The van der Waals surface area contributed by atoms with Gasteiger partial charge in [0.2, 0.25) is 11.6 Å². The third kappa shape index (κ3) is 3.15. The first kappa shape index (κ1) is 15.8. The zero-order chi connectivity index (χ0) is 16.9. The first-order valence-corrected chi connectivity index (χ1v) is 7.37. The molecule has 0 atom stereocenters. The Morgan fingerprint density at radius 1 is 0.917 bits per heavy atom. The van der Waals surface area contributed by atoms with Gasteiger partial charge in [0, 0.05) is 5.56 Å². The van der Waals surface area contributed by atoms with E-state index in [0.29, 0.717) is 29.6 Å². The average Bonchev–Trinajstić information content (AvgIpc) is 3.09. The van der Waals surface area contributed by atoms with Crippen LogP contribution < -0.4 is 14.2 Å². The highest BCUT2D eigenvalue weighted by atomic mass is 16.5. The molecule has 0 saturated heterocycles. The average molecular weight is 326 g/mol. The van der Waals surface area contributed by atoms with Gasteiger partial charge < -0.3 is 14.2 Å². The molecule has 0 fully saturated rings. The van der Waals surface area contributed by atoms with Crippen molar-refractivity contribution in [2.45, 2.75) is 6.54 Å². The number of hydrogen-bond acceptors (Lipinski definition) is 6. The highest BCUT2D eigenvalue weighted by Crippen LogP contribution is 2.40. The predicted molar refractivity (Wildman–Crippen MR) is 88.5 cm³/mol. The minimum Gasteiger partial charge on any atom is -0.493 e. The molecule has 2 aromatic carbocycles. The summed E-state index contributed by atoms with van der Waals surface area (Å²) in [7, 11) is 4.70. The summed E-state index contributed by atoms with van der Waals surface area (Å²) >= 11 is 0. The molecular formula is C17H18N4O3.